The van der Waals surface area contributed by atoms with E-state index in [4.69, 9.17) is 14.2 Å². The van der Waals surface area contributed by atoms with Gasteiger partial charge in [-0.15, -0.1) is 0 Å². The molecule has 104 valence electrons. The monoisotopic (exact) mass is 258 g/mol. The highest BCUT2D eigenvalue weighted by molar-refractivity contribution is 5.95. The number of esters is 2. The maximum Gasteiger partial charge on any atom is 0.320 e. The van der Waals surface area contributed by atoms with Gasteiger partial charge in [-0.05, 0) is 32.1 Å². The Bertz CT molecular complexity index is 276. The van der Waals surface area contributed by atoms with Crippen LogP contribution in [0.1, 0.15) is 33.6 Å². The third-order valence-corrected chi connectivity index (χ3v) is 3.38. The van der Waals surface area contributed by atoms with Crippen LogP contribution in [0.4, 0.5) is 0 Å². The Labute approximate surface area is 108 Å². The molecule has 1 rings (SSSR count). The van der Waals surface area contributed by atoms with E-state index in [2.05, 4.69) is 0 Å². The van der Waals surface area contributed by atoms with Gasteiger partial charge >= 0.3 is 11.9 Å². The van der Waals surface area contributed by atoms with E-state index in [0.29, 0.717) is 26.1 Å². The number of hydrogen-bond donors (Lipinski definition) is 0. The molecule has 1 aliphatic rings. The van der Waals surface area contributed by atoms with E-state index in [1.54, 1.807) is 13.8 Å². The molecule has 0 aromatic heterocycles. The minimum atomic E-state index is -0.846. The lowest BCUT2D eigenvalue weighted by atomic mass is 9.71. The van der Waals surface area contributed by atoms with Gasteiger partial charge in [-0.25, -0.2) is 0 Å². The van der Waals surface area contributed by atoms with Crippen molar-refractivity contribution in [3.05, 3.63) is 0 Å². The van der Waals surface area contributed by atoms with Crippen LogP contribution >= 0.6 is 0 Å². The molecule has 18 heavy (non-hydrogen) atoms. The molecule has 0 aliphatic carbocycles. The van der Waals surface area contributed by atoms with E-state index >= 15 is 0 Å². The van der Waals surface area contributed by atoms with Crippen molar-refractivity contribution in [2.75, 3.05) is 26.4 Å². The second-order valence-electron chi connectivity index (χ2n) is 4.70. The molecule has 1 fully saturated rings. The molecule has 0 saturated carbocycles. The summed E-state index contributed by atoms with van der Waals surface area (Å²) < 4.78 is 15.3. The largest absolute Gasteiger partial charge is 0.465 e. The summed E-state index contributed by atoms with van der Waals surface area (Å²) in [6.45, 7) is 7.03. The van der Waals surface area contributed by atoms with Gasteiger partial charge in [-0.1, -0.05) is 6.92 Å². The van der Waals surface area contributed by atoms with Crippen molar-refractivity contribution in [3.63, 3.8) is 0 Å². The fourth-order valence-electron chi connectivity index (χ4n) is 2.24. The predicted molar refractivity (Wildman–Crippen MR) is 64.9 cm³/mol. The zero-order valence-electron chi connectivity index (χ0n) is 11.4. The molecule has 5 nitrogen and oxygen atoms in total. The van der Waals surface area contributed by atoms with Gasteiger partial charge < -0.3 is 14.2 Å². The lowest BCUT2D eigenvalue weighted by Crippen LogP contribution is -2.44. The molecule has 0 radical (unpaired) electrons. The van der Waals surface area contributed by atoms with Gasteiger partial charge in [-0.2, -0.15) is 0 Å². The third-order valence-electron chi connectivity index (χ3n) is 3.38. The van der Waals surface area contributed by atoms with E-state index in [-0.39, 0.29) is 13.2 Å². The molecular weight excluding hydrogens is 236 g/mol. The summed E-state index contributed by atoms with van der Waals surface area (Å²) in [5.74, 6) is -1.82. The van der Waals surface area contributed by atoms with Crippen LogP contribution in [-0.2, 0) is 23.8 Å². The van der Waals surface area contributed by atoms with Crippen LogP contribution in [0.15, 0.2) is 0 Å². The first kappa shape index (κ1) is 15.0. The molecule has 0 amide bonds. The molecule has 5 heteroatoms. The van der Waals surface area contributed by atoms with E-state index in [9.17, 15) is 9.59 Å². The fraction of sp³-hybridized carbons (Fsp3) is 0.846. The van der Waals surface area contributed by atoms with Gasteiger partial charge in [0.1, 0.15) is 0 Å². The van der Waals surface area contributed by atoms with Crippen molar-refractivity contribution in [1.82, 2.24) is 0 Å². The summed E-state index contributed by atoms with van der Waals surface area (Å²) in [6, 6.07) is 0. The maximum absolute atomic E-state index is 12.0. The number of rotatable bonds is 5. The lowest BCUT2D eigenvalue weighted by molar-refractivity contribution is -0.171. The van der Waals surface area contributed by atoms with E-state index in [1.807, 2.05) is 6.92 Å². The van der Waals surface area contributed by atoms with Crippen molar-refractivity contribution < 1.29 is 23.8 Å². The Hall–Kier alpha value is -1.10. The summed E-state index contributed by atoms with van der Waals surface area (Å²) in [5.41, 5.74) is -0.434. The molecule has 1 heterocycles. The normalized spacial score (nSPS) is 18.4. The van der Waals surface area contributed by atoms with Gasteiger partial charge in [0, 0.05) is 13.2 Å². The summed E-state index contributed by atoms with van der Waals surface area (Å²) in [4.78, 5) is 24.0. The molecule has 1 aliphatic heterocycles. The summed E-state index contributed by atoms with van der Waals surface area (Å²) in [5, 5.41) is 0. The second-order valence-corrected chi connectivity index (χ2v) is 4.70. The molecule has 0 bridgehead atoms. The first-order chi connectivity index (χ1) is 8.55. The average Bonchev–Trinajstić information content (AvgIpc) is 2.30. The van der Waals surface area contributed by atoms with Crippen LogP contribution in [0.2, 0.25) is 0 Å². The Kier molecular flexibility index (Phi) is 5.59. The van der Waals surface area contributed by atoms with Crippen LogP contribution in [0.25, 0.3) is 0 Å². The maximum atomic E-state index is 12.0. The van der Waals surface area contributed by atoms with Gasteiger partial charge in [0.2, 0.25) is 0 Å². The van der Waals surface area contributed by atoms with Crippen LogP contribution in [-0.4, -0.2) is 38.4 Å². The standard InChI is InChI=1S/C13H22O5/c1-4-17-11(14)10(12(15)18-5-2)13(3)6-8-16-9-7-13/h10H,4-9H2,1-3H3. The van der Waals surface area contributed by atoms with Gasteiger partial charge in [0.15, 0.2) is 5.92 Å². The Balaban J connectivity index is 2.87. The molecular formula is C13H22O5. The summed E-state index contributed by atoms with van der Waals surface area (Å²) >= 11 is 0. The number of carbonyl (C=O) groups excluding carboxylic acids is 2. The van der Waals surface area contributed by atoms with Crippen LogP contribution in [0.3, 0.4) is 0 Å². The SMILES string of the molecule is CCOC(=O)C(C(=O)OCC)C1(C)CCOCC1. The number of carbonyl (C=O) groups is 2. The minimum absolute atomic E-state index is 0.265. The molecule has 0 N–H and O–H groups in total. The first-order valence-electron chi connectivity index (χ1n) is 6.46. The van der Waals surface area contributed by atoms with Crippen molar-refractivity contribution in [2.45, 2.75) is 33.6 Å². The number of ether oxygens (including phenoxy) is 3. The lowest BCUT2D eigenvalue weighted by Gasteiger charge is -2.37. The van der Waals surface area contributed by atoms with Crippen molar-refractivity contribution >= 4 is 11.9 Å². The summed E-state index contributed by atoms with van der Waals surface area (Å²) in [6.07, 6.45) is 1.32. The topological polar surface area (TPSA) is 61.8 Å². The molecule has 1 saturated heterocycles. The van der Waals surface area contributed by atoms with E-state index < -0.39 is 23.3 Å². The molecule has 0 spiro atoms. The zero-order valence-corrected chi connectivity index (χ0v) is 11.4. The molecule has 0 unspecified atom stereocenters. The quantitative estimate of drug-likeness (QED) is 0.553. The van der Waals surface area contributed by atoms with Gasteiger partial charge in [0.05, 0.1) is 13.2 Å². The number of hydrogen-bond acceptors (Lipinski definition) is 5. The van der Waals surface area contributed by atoms with Crippen LogP contribution < -0.4 is 0 Å². The second kappa shape index (κ2) is 6.73. The Morgan fingerprint density at radius 3 is 1.94 bits per heavy atom. The minimum Gasteiger partial charge on any atom is -0.465 e. The summed E-state index contributed by atoms with van der Waals surface area (Å²) in [7, 11) is 0. The highest BCUT2D eigenvalue weighted by Crippen LogP contribution is 2.39. The first-order valence-corrected chi connectivity index (χ1v) is 6.46. The van der Waals surface area contributed by atoms with Crippen LogP contribution in [0, 0.1) is 11.3 Å². The van der Waals surface area contributed by atoms with Crippen molar-refractivity contribution in [3.8, 4) is 0 Å². The Morgan fingerprint density at radius 2 is 1.56 bits per heavy atom. The van der Waals surface area contributed by atoms with E-state index in [1.165, 1.54) is 0 Å². The molecule has 0 aromatic rings. The van der Waals surface area contributed by atoms with Crippen LogP contribution in [0.5, 0.6) is 0 Å². The van der Waals surface area contributed by atoms with Gasteiger partial charge in [0.25, 0.3) is 0 Å². The highest BCUT2D eigenvalue weighted by Gasteiger charge is 2.46. The molecule has 0 atom stereocenters. The predicted octanol–water partition coefficient (Wildman–Crippen LogP) is 1.55. The smallest absolute Gasteiger partial charge is 0.320 e. The Morgan fingerprint density at radius 1 is 1.11 bits per heavy atom. The third kappa shape index (κ3) is 3.45. The fourth-order valence-corrected chi connectivity index (χ4v) is 2.24. The molecule has 0 aromatic carbocycles. The van der Waals surface area contributed by atoms with Gasteiger partial charge in [-0.3, -0.25) is 9.59 Å². The van der Waals surface area contributed by atoms with Crippen molar-refractivity contribution in [1.29, 1.82) is 0 Å². The van der Waals surface area contributed by atoms with E-state index in [0.717, 1.165) is 0 Å². The average molecular weight is 258 g/mol. The highest BCUT2D eigenvalue weighted by atomic mass is 16.6. The zero-order chi connectivity index (χ0) is 13.6. The van der Waals surface area contributed by atoms with Crippen molar-refractivity contribution in [2.24, 2.45) is 11.3 Å².